The first kappa shape index (κ1) is 12.0. The normalized spacial score (nSPS) is 10.8. The van der Waals surface area contributed by atoms with Gasteiger partial charge in [0.15, 0.2) is 0 Å². The summed E-state index contributed by atoms with van der Waals surface area (Å²) in [5.74, 6) is 0. The Morgan fingerprint density at radius 3 is 2.89 bits per heavy atom. The largest absolute Gasteiger partial charge is 0.399 e. The highest BCUT2D eigenvalue weighted by Gasteiger charge is 2.06. The molecule has 3 N–H and O–H groups in total. The Morgan fingerprint density at radius 2 is 2.00 bits per heavy atom. The van der Waals surface area contributed by atoms with Gasteiger partial charge in [0.1, 0.15) is 5.00 Å². The molecule has 0 saturated carbocycles. The van der Waals surface area contributed by atoms with Crippen LogP contribution in [0.25, 0.3) is 10.9 Å². The summed E-state index contributed by atoms with van der Waals surface area (Å²) >= 11 is 1.50. The molecule has 96 valence electrons. The van der Waals surface area contributed by atoms with E-state index in [1.165, 1.54) is 22.5 Å². The molecule has 1 heterocycles. The number of hydrogen-bond acceptors (Lipinski definition) is 4. The van der Waals surface area contributed by atoms with Gasteiger partial charge in [0, 0.05) is 17.6 Å². The second-order valence-corrected chi connectivity index (χ2v) is 5.29. The van der Waals surface area contributed by atoms with E-state index in [0.29, 0.717) is 0 Å². The van der Waals surface area contributed by atoms with Gasteiger partial charge >= 0.3 is 0 Å². The molecule has 0 atom stereocenters. The third-order valence-electron chi connectivity index (χ3n) is 3.31. The van der Waals surface area contributed by atoms with Crippen LogP contribution in [0.5, 0.6) is 0 Å². The molecule has 0 fully saturated rings. The van der Waals surface area contributed by atoms with E-state index in [1.54, 1.807) is 0 Å². The molecule has 0 spiro atoms. The maximum absolute atomic E-state index is 5.92. The molecular formula is C15H15N3S. The molecule has 1 aromatic heterocycles. The van der Waals surface area contributed by atoms with Gasteiger partial charge in [-0.1, -0.05) is 24.3 Å². The van der Waals surface area contributed by atoms with Crippen LogP contribution in [0.1, 0.15) is 11.1 Å². The molecule has 2 aromatic carbocycles. The number of nitrogens with two attached hydrogens (primary N) is 1. The second-order valence-electron chi connectivity index (χ2n) is 4.51. The highest BCUT2D eigenvalue weighted by molar-refractivity contribution is 7.11. The third kappa shape index (κ3) is 2.27. The SMILES string of the molecule is Cc1c(N)cccc1CNc1snc2ccccc12. The minimum absolute atomic E-state index is 0.767. The van der Waals surface area contributed by atoms with Crippen LogP contribution in [0.3, 0.4) is 0 Å². The van der Waals surface area contributed by atoms with Crippen molar-refractivity contribution in [2.24, 2.45) is 0 Å². The van der Waals surface area contributed by atoms with Crippen LogP contribution in [-0.2, 0) is 6.54 Å². The maximum Gasteiger partial charge on any atom is 0.117 e. The van der Waals surface area contributed by atoms with E-state index >= 15 is 0 Å². The Morgan fingerprint density at radius 1 is 1.16 bits per heavy atom. The Hall–Kier alpha value is -2.07. The predicted molar refractivity (Wildman–Crippen MR) is 82.5 cm³/mol. The van der Waals surface area contributed by atoms with Crippen LogP contribution >= 0.6 is 11.5 Å². The van der Waals surface area contributed by atoms with E-state index in [9.17, 15) is 0 Å². The zero-order chi connectivity index (χ0) is 13.2. The Kier molecular flexibility index (Phi) is 3.09. The van der Waals surface area contributed by atoms with E-state index < -0.39 is 0 Å². The van der Waals surface area contributed by atoms with Gasteiger partial charge < -0.3 is 11.1 Å². The van der Waals surface area contributed by atoms with Crippen molar-refractivity contribution >= 4 is 33.1 Å². The zero-order valence-corrected chi connectivity index (χ0v) is 11.5. The molecule has 0 bridgehead atoms. The van der Waals surface area contributed by atoms with Crippen molar-refractivity contribution in [3.8, 4) is 0 Å². The molecule has 0 radical (unpaired) electrons. The molecule has 3 nitrogen and oxygen atoms in total. The van der Waals surface area contributed by atoms with Crippen LogP contribution in [0.4, 0.5) is 10.7 Å². The minimum Gasteiger partial charge on any atom is -0.399 e. The van der Waals surface area contributed by atoms with Crippen molar-refractivity contribution in [2.45, 2.75) is 13.5 Å². The second kappa shape index (κ2) is 4.90. The van der Waals surface area contributed by atoms with Crippen molar-refractivity contribution in [3.63, 3.8) is 0 Å². The van der Waals surface area contributed by atoms with Crippen LogP contribution in [0, 0.1) is 6.92 Å². The smallest absolute Gasteiger partial charge is 0.117 e. The lowest BCUT2D eigenvalue weighted by Crippen LogP contribution is -2.02. The maximum atomic E-state index is 5.92. The standard InChI is InChI=1S/C15H15N3S/c1-10-11(5-4-7-13(10)16)9-17-15-12-6-2-3-8-14(12)18-19-15/h2-8,17H,9,16H2,1H3. The lowest BCUT2D eigenvalue weighted by molar-refractivity contribution is 1.13. The van der Waals surface area contributed by atoms with Crippen LogP contribution in [0.15, 0.2) is 42.5 Å². The quantitative estimate of drug-likeness (QED) is 0.711. The highest BCUT2D eigenvalue weighted by atomic mass is 32.1. The summed E-state index contributed by atoms with van der Waals surface area (Å²) in [6.07, 6.45) is 0. The number of benzene rings is 2. The number of rotatable bonds is 3. The first-order valence-electron chi connectivity index (χ1n) is 6.18. The Bertz CT molecular complexity index is 718. The molecular weight excluding hydrogens is 254 g/mol. The van der Waals surface area contributed by atoms with Crippen LogP contribution in [0.2, 0.25) is 0 Å². The molecule has 0 aliphatic carbocycles. The number of nitrogens with one attached hydrogen (secondary N) is 1. The van der Waals surface area contributed by atoms with E-state index in [2.05, 4.69) is 28.7 Å². The molecule has 3 rings (SSSR count). The van der Waals surface area contributed by atoms with Gasteiger partial charge in [0.05, 0.1) is 5.52 Å². The molecule has 0 aliphatic rings. The molecule has 0 amide bonds. The van der Waals surface area contributed by atoms with E-state index in [4.69, 9.17) is 5.73 Å². The summed E-state index contributed by atoms with van der Waals surface area (Å²) in [5, 5.41) is 5.74. The molecule has 19 heavy (non-hydrogen) atoms. The summed E-state index contributed by atoms with van der Waals surface area (Å²) in [4.78, 5) is 0. The summed E-state index contributed by atoms with van der Waals surface area (Å²) in [5.41, 5.74) is 10.2. The van der Waals surface area contributed by atoms with Crippen molar-refractivity contribution in [3.05, 3.63) is 53.6 Å². The van der Waals surface area contributed by atoms with E-state index in [-0.39, 0.29) is 0 Å². The third-order valence-corrected chi connectivity index (χ3v) is 4.15. The van der Waals surface area contributed by atoms with Gasteiger partial charge in [-0.3, -0.25) is 0 Å². The van der Waals surface area contributed by atoms with E-state index in [1.807, 2.05) is 30.3 Å². The summed E-state index contributed by atoms with van der Waals surface area (Å²) in [6, 6.07) is 14.2. The molecule has 3 aromatic rings. The number of fused-ring (bicyclic) bond motifs is 1. The molecule has 0 unspecified atom stereocenters. The summed E-state index contributed by atoms with van der Waals surface area (Å²) in [7, 11) is 0. The van der Waals surface area contributed by atoms with Crippen molar-refractivity contribution < 1.29 is 0 Å². The molecule has 0 aliphatic heterocycles. The lowest BCUT2D eigenvalue weighted by Gasteiger charge is -2.09. The summed E-state index contributed by atoms with van der Waals surface area (Å²) in [6.45, 7) is 2.82. The highest BCUT2D eigenvalue weighted by Crippen LogP contribution is 2.28. The number of nitrogens with zero attached hydrogens (tertiary/aromatic N) is 1. The fourth-order valence-corrected chi connectivity index (χ4v) is 2.84. The summed E-state index contributed by atoms with van der Waals surface area (Å²) < 4.78 is 4.43. The Labute approximate surface area is 116 Å². The van der Waals surface area contributed by atoms with Gasteiger partial charge in [0.25, 0.3) is 0 Å². The van der Waals surface area contributed by atoms with Gasteiger partial charge in [-0.15, -0.1) is 0 Å². The fraction of sp³-hybridized carbons (Fsp3) is 0.133. The number of anilines is 2. The van der Waals surface area contributed by atoms with Gasteiger partial charge in [0.2, 0.25) is 0 Å². The predicted octanol–water partition coefficient (Wildman–Crippen LogP) is 3.80. The molecule has 4 heteroatoms. The average Bonchev–Trinajstić information content (AvgIpc) is 2.84. The van der Waals surface area contributed by atoms with Gasteiger partial charge in [-0.05, 0) is 47.8 Å². The van der Waals surface area contributed by atoms with E-state index in [0.717, 1.165) is 28.3 Å². The van der Waals surface area contributed by atoms with Crippen molar-refractivity contribution in [1.29, 1.82) is 0 Å². The lowest BCUT2D eigenvalue weighted by atomic mass is 10.1. The minimum atomic E-state index is 0.767. The first-order valence-corrected chi connectivity index (χ1v) is 6.95. The van der Waals surface area contributed by atoms with Gasteiger partial charge in [-0.25, -0.2) is 0 Å². The number of nitrogen functional groups attached to an aromatic ring is 1. The topological polar surface area (TPSA) is 50.9 Å². The fourth-order valence-electron chi connectivity index (χ4n) is 2.09. The average molecular weight is 269 g/mol. The van der Waals surface area contributed by atoms with Crippen LogP contribution in [-0.4, -0.2) is 4.37 Å². The zero-order valence-electron chi connectivity index (χ0n) is 10.7. The number of aromatic nitrogens is 1. The van der Waals surface area contributed by atoms with Crippen LogP contribution < -0.4 is 11.1 Å². The first-order chi connectivity index (χ1) is 9.25. The van der Waals surface area contributed by atoms with Crippen molar-refractivity contribution in [1.82, 2.24) is 4.37 Å². The van der Waals surface area contributed by atoms with Gasteiger partial charge in [-0.2, -0.15) is 4.37 Å². The monoisotopic (exact) mass is 269 g/mol. The number of hydrogen-bond donors (Lipinski definition) is 2. The van der Waals surface area contributed by atoms with Crippen molar-refractivity contribution in [2.75, 3.05) is 11.1 Å². The Balaban J connectivity index is 1.84. The molecule has 0 saturated heterocycles.